The zero-order valence-corrected chi connectivity index (χ0v) is 12.5. The van der Waals surface area contributed by atoms with Crippen LogP contribution in [0, 0.1) is 11.8 Å². The first-order valence-corrected chi connectivity index (χ1v) is 7.01. The van der Waals surface area contributed by atoms with Gasteiger partial charge in [0, 0.05) is 17.5 Å². The molecule has 0 radical (unpaired) electrons. The van der Waals surface area contributed by atoms with Crippen molar-refractivity contribution >= 4 is 11.8 Å². The summed E-state index contributed by atoms with van der Waals surface area (Å²) >= 11 is 0. The van der Waals surface area contributed by atoms with Crippen LogP contribution in [0.2, 0.25) is 0 Å². The maximum Gasteiger partial charge on any atom is 0.239 e. The van der Waals surface area contributed by atoms with Gasteiger partial charge in [-0.05, 0) is 46.0 Å². The van der Waals surface area contributed by atoms with E-state index in [-0.39, 0.29) is 35.9 Å². The molecule has 0 aromatic carbocycles. The number of amides is 2. The highest BCUT2D eigenvalue weighted by Gasteiger charge is 2.29. The van der Waals surface area contributed by atoms with Gasteiger partial charge in [0.25, 0.3) is 0 Å². The summed E-state index contributed by atoms with van der Waals surface area (Å²) in [5.41, 5.74) is 5.66. The third kappa shape index (κ3) is 6.05. The summed E-state index contributed by atoms with van der Waals surface area (Å²) in [4.78, 5) is 23.6. The van der Waals surface area contributed by atoms with Gasteiger partial charge in [-0.15, -0.1) is 0 Å². The normalized spacial score (nSPS) is 27.7. The molecule has 4 N–H and O–H groups in total. The number of carbonyl (C=O) groups excluding carboxylic acids is 2. The van der Waals surface area contributed by atoms with E-state index >= 15 is 0 Å². The lowest BCUT2D eigenvalue weighted by atomic mass is 9.79. The second kappa shape index (κ2) is 6.37. The first-order chi connectivity index (χ1) is 8.67. The average molecular weight is 269 g/mol. The third-order valence-corrected chi connectivity index (χ3v) is 3.29. The van der Waals surface area contributed by atoms with Crippen molar-refractivity contribution in [3.05, 3.63) is 0 Å². The van der Waals surface area contributed by atoms with Gasteiger partial charge < -0.3 is 16.4 Å². The summed E-state index contributed by atoms with van der Waals surface area (Å²) in [5.74, 6) is 0.212. The van der Waals surface area contributed by atoms with Crippen LogP contribution < -0.4 is 16.4 Å². The number of nitrogens with one attached hydrogen (secondary N) is 2. The Kier molecular flexibility index (Phi) is 5.35. The van der Waals surface area contributed by atoms with Gasteiger partial charge in [-0.2, -0.15) is 0 Å². The molecular weight excluding hydrogens is 242 g/mol. The smallest absolute Gasteiger partial charge is 0.239 e. The lowest BCUT2D eigenvalue weighted by molar-refractivity contribution is -0.130. The van der Waals surface area contributed by atoms with Gasteiger partial charge in [0.1, 0.15) is 0 Å². The maximum atomic E-state index is 12.0. The van der Waals surface area contributed by atoms with Gasteiger partial charge in [0.15, 0.2) is 0 Å². The van der Waals surface area contributed by atoms with Crippen LogP contribution in [-0.4, -0.2) is 29.9 Å². The molecule has 1 fully saturated rings. The van der Waals surface area contributed by atoms with Crippen LogP contribution in [0.3, 0.4) is 0 Å². The molecule has 1 aliphatic carbocycles. The van der Waals surface area contributed by atoms with E-state index < -0.39 is 0 Å². The van der Waals surface area contributed by atoms with Crippen LogP contribution in [0.25, 0.3) is 0 Å². The fourth-order valence-electron chi connectivity index (χ4n) is 2.64. The van der Waals surface area contributed by atoms with E-state index in [1.165, 1.54) is 0 Å². The molecule has 2 amide bonds. The zero-order valence-electron chi connectivity index (χ0n) is 12.5. The standard InChI is InChI=1S/C14H27N3O2/c1-9-5-10(7-11(15)6-9)13(19)16-8-12(18)17-14(2,3)4/h9-11H,5-8,15H2,1-4H3,(H,16,19)(H,17,18). The maximum absolute atomic E-state index is 12.0. The highest BCUT2D eigenvalue weighted by Crippen LogP contribution is 2.27. The van der Waals surface area contributed by atoms with Crippen LogP contribution in [0.1, 0.15) is 47.0 Å². The summed E-state index contributed by atoms with van der Waals surface area (Å²) in [7, 11) is 0. The summed E-state index contributed by atoms with van der Waals surface area (Å²) in [6.45, 7) is 7.89. The highest BCUT2D eigenvalue weighted by molar-refractivity contribution is 5.86. The van der Waals surface area contributed by atoms with E-state index in [0.717, 1.165) is 19.3 Å². The molecule has 0 aromatic rings. The molecule has 1 aliphatic rings. The van der Waals surface area contributed by atoms with Crippen molar-refractivity contribution in [2.75, 3.05) is 6.54 Å². The van der Waals surface area contributed by atoms with Crippen molar-refractivity contribution in [3.8, 4) is 0 Å². The molecule has 0 saturated heterocycles. The Hall–Kier alpha value is -1.10. The minimum atomic E-state index is -0.274. The topological polar surface area (TPSA) is 84.2 Å². The Balaban J connectivity index is 2.37. The fourth-order valence-corrected chi connectivity index (χ4v) is 2.64. The largest absolute Gasteiger partial charge is 0.350 e. The molecular formula is C14H27N3O2. The lowest BCUT2D eigenvalue weighted by Gasteiger charge is -2.30. The summed E-state index contributed by atoms with van der Waals surface area (Å²) in [6, 6.07) is 0.0999. The molecule has 3 unspecified atom stereocenters. The average Bonchev–Trinajstić information content (AvgIpc) is 2.22. The van der Waals surface area contributed by atoms with Crippen LogP contribution in [-0.2, 0) is 9.59 Å². The van der Waals surface area contributed by atoms with Crippen molar-refractivity contribution in [2.24, 2.45) is 17.6 Å². The van der Waals surface area contributed by atoms with Crippen LogP contribution in [0.5, 0.6) is 0 Å². The molecule has 1 saturated carbocycles. The Morgan fingerprint density at radius 1 is 1.21 bits per heavy atom. The number of hydrogen-bond acceptors (Lipinski definition) is 3. The molecule has 5 nitrogen and oxygen atoms in total. The lowest BCUT2D eigenvalue weighted by Crippen LogP contribution is -2.47. The Morgan fingerprint density at radius 2 is 1.84 bits per heavy atom. The number of rotatable bonds is 3. The van der Waals surface area contributed by atoms with Crippen LogP contribution in [0.15, 0.2) is 0 Å². The third-order valence-electron chi connectivity index (χ3n) is 3.29. The molecule has 1 rings (SSSR count). The van der Waals surface area contributed by atoms with Gasteiger partial charge in [0.2, 0.25) is 11.8 Å². The Morgan fingerprint density at radius 3 is 2.37 bits per heavy atom. The highest BCUT2D eigenvalue weighted by atomic mass is 16.2. The molecule has 0 heterocycles. The molecule has 0 aliphatic heterocycles. The monoisotopic (exact) mass is 269 g/mol. The van der Waals surface area contributed by atoms with Crippen molar-refractivity contribution in [2.45, 2.75) is 58.5 Å². The van der Waals surface area contributed by atoms with E-state index in [4.69, 9.17) is 5.73 Å². The zero-order chi connectivity index (χ0) is 14.6. The predicted octanol–water partition coefficient (Wildman–Crippen LogP) is 0.781. The van der Waals surface area contributed by atoms with E-state index in [1.807, 2.05) is 20.8 Å². The minimum Gasteiger partial charge on any atom is -0.350 e. The first-order valence-electron chi connectivity index (χ1n) is 7.01. The van der Waals surface area contributed by atoms with Gasteiger partial charge >= 0.3 is 0 Å². The van der Waals surface area contributed by atoms with E-state index in [1.54, 1.807) is 0 Å². The fraction of sp³-hybridized carbons (Fsp3) is 0.857. The molecule has 0 spiro atoms. The summed E-state index contributed by atoms with van der Waals surface area (Å²) < 4.78 is 0. The molecule has 0 aromatic heterocycles. The number of carbonyl (C=O) groups is 2. The van der Waals surface area contributed by atoms with E-state index in [9.17, 15) is 9.59 Å². The van der Waals surface area contributed by atoms with E-state index in [0.29, 0.717) is 5.92 Å². The predicted molar refractivity (Wildman–Crippen MR) is 75.4 cm³/mol. The van der Waals surface area contributed by atoms with Gasteiger partial charge in [-0.1, -0.05) is 6.92 Å². The SMILES string of the molecule is CC1CC(N)CC(C(=O)NCC(=O)NC(C)(C)C)C1. The molecule has 3 atom stereocenters. The quantitative estimate of drug-likeness (QED) is 0.708. The second-order valence-corrected chi connectivity index (χ2v) is 6.79. The van der Waals surface area contributed by atoms with Crippen molar-refractivity contribution in [1.82, 2.24) is 10.6 Å². The minimum absolute atomic E-state index is 0.0379. The van der Waals surface area contributed by atoms with E-state index in [2.05, 4.69) is 17.6 Å². The Labute approximate surface area is 115 Å². The Bertz CT molecular complexity index is 326. The molecule has 0 bridgehead atoms. The van der Waals surface area contributed by atoms with Gasteiger partial charge in [0.05, 0.1) is 6.54 Å². The molecule has 19 heavy (non-hydrogen) atoms. The first kappa shape index (κ1) is 16.0. The van der Waals surface area contributed by atoms with Crippen LogP contribution >= 0.6 is 0 Å². The van der Waals surface area contributed by atoms with Gasteiger partial charge in [-0.25, -0.2) is 0 Å². The summed E-state index contributed by atoms with van der Waals surface area (Å²) in [6.07, 6.45) is 2.56. The number of hydrogen-bond donors (Lipinski definition) is 3. The summed E-state index contributed by atoms with van der Waals surface area (Å²) in [5, 5.41) is 5.53. The molecule has 110 valence electrons. The van der Waals surface area contributed by atoms with Crippen molar-refractivity contribution < 1.29 is 9.59 Å². The van der Waals surface area contributed by atoms with Gasteiger partial charge in [-0.3, -0.25) is 9.59 Å². The van der Waals surface area contributed by atoms with Crippen molar-refractivity contribution in [1.29, 1.82) is 0 Å². The van der Waals surface area contributed by atoms with Crippen molar-refractivity contribution in [3.63, 3.8) is 0 Å². The molecule has 5 heteroatoms. The number of nitrogens with two attached hydrogens (primary N) is 1. The second-order valence-electron chi connectivity index (χ2n) is 6.79. The van der Waals surface area contributed by atoms with Crippen LogP contribution in [0.4, 0.5) is 0 Å².